The van der Waals surface area contributed by atoms with Crippen molar-refractivity contribution in [1.82, 2.24) is 19.6 Å². The van der Waals surface area contributed by atoms with Gasteiger partial charge < -0.3 is 25.2 Å². The molecule has 1 aliphatic heterocycles. The van der Waals surface area contributed by atoms with Crippen molar-refractivity contribution in [2.75, 3.05) is 56.4 Å². The van der Waals surface area contributed by atoms with Gasteiger partial charge in [0.1, 0.15) is 15.7 Å². The first-order valence-electron chi connectivity index (χ1n) is 12.8. The third-order valence-corrected chi connectivity index (χ3v) is 8.23. The molecule has 210 valence electrons. The summed E-state index contributed by atoms with van der Waals surface area (Å²) in [6, 6.07) is 13.1. The lowest BCUT2D eigenvalue weighted by atomic mass is 10.2. The van der Waals surface area contributed by atoms with E-state index in [9.17, 15) is 8.42 Å². The van der Waals surface area contributed by atoms with Crippen molar-refractivity contribution >= 4 is 50.5 Å². The molecule has 1 aromatic heterocycles. The number of sulfonamides is 1. The molecule has 0 bridgehead atoms. The average Bonchev–Trinajstić information content (AvgIpc) is 3.41. The highest BCUT2D eigenvalue weighted by molar-refractivity contribution is 7.89. The number of halogens is 1. The number of aromatic nitrogens is 2. The molecular weight excluding hydrogens is 538 g/mol. The number of hydrogen-bond acceptors (Lipinski definition) is 9. The van der Waals surface area contributed by atoms with E-state index in [0.717, 1.165) is 25.2 Å². The average molecular weight is 574 g/mol. The van der Waals surface area contributed by atoms with Gasteiger partial charge in [0.15, 0.2) is 5.82 Å². The summed E-state index contributed by atoms with van der Waals surface area (Å²) in [5, 5.41) is 6.53. The number of para-hydroxylation sites is 1. The SMILES string of the molecule is CNS(=O)(=O)c1ccccc1Nc1nc(Nc2ccc(N3CC[C@H](N(C)C)C3)cc2OCC(C)C)ncc1Cl. The third-order valence-electron chi connectivity index (χ3n) is 6.49. The van der Waals surface area contributed by atoms with Crippen molar-refractivity contribution in [3.63, 3.8) is 0 Å². The second-order valence-corrected chi connectivity index (χ2v) is 12.3. The quantitative estimate of drug-likeness (QED) is 0.300. The summed E-state index contributed by atoms with van der Waals surface area (Å²) in [5.41, 5.74) is 2.16. The van der Waals surface area contributed by atoms with Gasteiger partial charge in [-0.25, -0.2) is 18.1 Å². The van der Waals surface area contributed by atoms with Gasteiger partial charge in [0.05, 0.1) is 24.2 Å². The minimum atomic E-state index is -3.70. The van der Waals surface area contributed by atoms with Crippen LogP contribution in [0.4, 0.5) is 28.8 Å². The molecule has 2 heterocycles. The lowest BCUT2D eigenvalue weighted by molar-refractivity contribution is 0.272. The Labute approximate surface area is 235 Å². The molecule has 3 aromatic rings. The topological polar surface area (TPSA) is 112 Å². The van der Waals surface area contributed by atoms with Crippen molar-refractivity contribution in [1.29, 1.82) is 0 Å². The van der Waals surface area contributed by atoms with Gasteiger partial charge in [-0.1, -0.05) is 37.6 Å². The lowest BCUT2D eigenvalue weighted by Gasteiger charge is -2.23. The van der Waals surface area contributed by atoms with Crippen molar-refractivity contribution in [3.05, 3.63) is 53.7 Å². The number of nitrogens with one attached hydrogen (secondary N) is 3. The van der Waals surface area contributed by atoms with Crippen molar-refractivity contribution < 1.29 is 13.2 Å². The molecule has 1 fully saturated rings. The number of rotatable bonds is 11. The van der Waals surface area contributed by atoms with Gasteiger partial charge in [0, 0.05) is 30.9 Å². The van der Waals surface area contributed by atoms with Gasteiger partial charge in [-0.15, -0.1) is 0 Å². The molecule has 0 spiro atoms. The number of nitrogens with zero attached hydrogens (tertiary/aromatic N) is 4. The maximum Gasteiger partial charge on any atom is 0.242 e. The Bertz CT molecular complexity index is 1400. The molecule has 39 heavy (non-hydrogen) atoms. The summed E-state index contributed by atoms with van der Waals surface area (Å²) in [5.74, 6) is 1.60. The van der Waals surface area contributed by atoms with E-state index in [0.29, 0.717) is 35.7 Å². The van der Waals surface area contributed by atoms with Gasteiger partial charge in [-0.3, -0.25) is 0 Å². The predicted molar refractivity (Wildman–Crippen MR) is 157 cm³/mol. The largest absolute Gasteiger partial charge is 0.491 e. The predicted octanol–water partition coefficient (Wildman–Crippen LogP) is 4.70. The summed E-state index contributed by atoms with van der Waals surface area (Å²) >= 11 is 6.38. The minimum absolute atomic E-state index is 0.0788. The molecular formula is C27H36ClN7O3S. The Morgan fingerprint density at radius 3 is 2.62 bits per heavy atom. The zero-order valence-corrected chi connectivity index (χ0v) is 24.5. The van der Waals surface area contributed by atoms with Crippen LogP contribution in [0.3, 0.4) is 0 Å². The number of ether oxygens (including phenoxy) is 1. The Hall–Kier alpha value is -3.12. The van der Waals surface area contributed by atoms with Crippen molar-refractivity contribution in [3.8, 4) is 5.75 Å². The van der Waals surface area contributed by atoms with Crippen LogP contribution in [0.25, 0.3) is 0 Å². The normalized spacial score (nSPS) is 15.7. The monoisotopic (exact) mass is 573 g/mol. The Morgan fingerprint density at radius 1 is 1.15 bits per heavy atom. The van der Waals surface area contributed by atoms with Gasteiger partial charge in [-0.05, 0) is 57.7 Å². The smallest absolute Gasteiger partial charge is 0.242 e. The van der Waals surface area contributed by atoms with E-state index < -0.39 is 10.0 Å². The number of benzene rings is 2. The first-order chi connectivity index (χ1) is 18.6. The van der Waals surface area contributed by atoms with E-state index in [1.54, 1.807) is 18.2 Å². The van der Waals surface area contributed by atoms with E-state index in [1.807, 2.05) is 6.07 Å². The van der Waals surface area contributed by atoms with E-state index in [-0.39, 0.29) is 21.7 Å². The van der Waals surface area contributed by atoms with Gasteiger partial charge >= 0.3 is 0 Å². The molecule has 1 saturated heterocycles. The van der Waals surface area contributed by atoms with E-state index >= 15 is 0 Å². The van der Waals surface area contributed by atoms with E-state index in [4.69, 9.17) is 16.3 Å². The Kier molecular flexibility index (Phi) is 9.16. The molecule has 1 aliphatic rings. The highest BCUT2D eigenvalue weighted by Crippen LogP contribution is 2.35. The molecule has 0 amide bonds. The minimum Gasteiger partial charge on any atom is -0.491 e. The van der Waals surface area contributed by atoms with Gasteiger partial charge in [0.2, 0.25) is 16.0 Å². The van der Waals surface area contributed by atoms with Crippen molar-refractivity contribution in [2.24, 2.45) is 5.92 Å². The molecule has 12 heteroatoms. The fourth-order valence-electron chi connectivity index (χ4n) is 4.26. The van der Waals surface area contributed by atoms with Crippen molar-refractivity contribution in [2.45, 2.75) is 31.2 Å². The van der Waals surface area contributed by atoms with Crippen LogP contribution in [0.1, 0.15) is 20.3 Å². The molecule has 0 radical (unpaired) electrons. The number of likely N-dealkylation sites (N-methyl/N-ethyl adjacent to an activating group) is 1. The van der Waals surface area contributed by atoms with Crippen LogP contribution in [-0.4, -0.2) is 70.2 Å². The summed E-state index contributed by atoms with van der Waals surface area (Å²) < 4.78 is 33.5. The zero-order chi connectivity index (χ0) is 28.2. The maximum atomic E-state index is 12.5. The standard InChI is InChI=1S/C27H36ClN7O3S/c1-18(2)17-38-24-14-19(35-13-12-20(16-35)34(4)5)10-11-22(24)32-27-30-15-21(28)26(33-27)31-23-8-6-7-9-25(23)39(36,37)29-3/h6-11,14-15,18,20,29H,12-13,16-17H2,1-5H3,(H2,30,31,32,33)/t20-/m0/s1. The zero-order valence-electron chi connectivity index (χ0n) is 22.9. The van der Waals surface area contributed by atoms with Gasteiger partial charge in [0.25, 0.3) is 0 Å². The molecule has 0 aliphatic carbocycles. The Balaban J connectivity index is 1.60. The van der Waals surface area contributed by atoms with E-state index in [2.05, 4.69) is 75.2 Å². The number of anilines is 5. The third kappa shape index (κ3) is 7.10. The second-order valence-electron chi connectivity index (χ2n) is 10.1. The van der Waals surface area contributed by atoms with Gasteiger partial charge in [-0.2, -0.15) is 4.98 Å². The van der Waals surface area contributed by atoms with Crippen LogP contribution in [0, 0.1) is 5.92 Å². The fourth-order valence-corrected chi connectivity index (χ4v) is 5.29. The summed E-state index contributed by atoms with van der Waals surface area (Å²) in [6.45, 7) is 6.71. The molecule has 0 saturated carbocycles. The molecule has 1 atom stereocenters. The van der Waals surface area contributed by atoms with Crippen LogP contribution < -0.4 is 25.0 Å². The van der Waals surface area contributed by atoms with Crippen LogP contribution >= 0.6 is 11.6 Å². The Morgan fingerprint density at radius 2 is 1.92 bits per heavy atom. The molecule has 10 nitrogen and oxygen atoms in total. The molecule has 0 unspecified atom stereocenters. The summed E-state index contributed by atoms with van der Waals surface area (Å²) in [4.78, 5) is 13.6. The maximum absolute atomic E-state index is 12.5. The number of hydrogen-bond donors (Lipinski definition) is 3. The molecule has 4 rings (SSSR count). The van der Waals surface area contributed by atoms with Crippen LogP contribution in [0.2, 0.25) is 5.02 Å². The highest BCUT2D eigenvalue weighted by Gasteiger charge is 2.25. The molecule has 3 N–H and O–H groups in total. The lowest BCUT2D eigenvalue weighted by Crippen LogP contribution is -2.31. The summed E-state index contributed by atoms with van der Waals surface area (Å²) in [6.07, 6.45) is 2.57. The van der Waals surface area contributed by atoms with Crippen LogP contribution in [0.5, 0.6) is 5.75 Å². The van der Waals surface area contributed by atoms with Crippen LogP contribution in [0.15, 0.2) is 53.6 Å². The highest BCUT2D eigenvalue weighted by atomic mass is 35.5. The first-order valence-corrected chi connectivity index (χ1v) is 14.7. The van der Waals surface area contributed by atoms with E-state index in [1.165, 1.54) is 19.3 Å². The molecule has 2 aromatic carbocycles. The fraction of sp³-hybridized carbons (Fsp3) is 0.407. The van der Waals surface area contributed by atoms with Crippen LogP contribution in [-0.2, 0) is 10.0 Å². The second kappa shape index (κ2) is 12.4. The first kappa shape index (κ1) is 28.9. The summed E-state index contributed by atoms with van der Waals surface area (Å²) in [7, 11) is 1.90.